The number of nitrogens with zero attached hydrogens (tertiary/aromatic N) is 1. The molecule has 0 aromatic heterocycles. The monoisotopic (exact) mass is 260 g/mol. The average molecular weight is 260 g/mol. The number of piperidine rings is 1. The Morgan fingerprint density at radius 2 is 2.00 bits per heavy atom. The van der Waals surface area contributed by atoms with Crippen LogP contribution in [0.4, 0.5) is 5.69 Å². The smallest absolute Gasteiger partial charge is 0.228 e. The number of likely N-dealkylation sites (tertiary alicyclic amines) is 1. The largest absolute Gasteiger partial charge is 0.326 e. The summed E-state index contributed by atoms with van der Waals surface area (Å²) in [6.07, 6.45) is 2.11. The summed E-state index contributed by atoms with van der Waals surface area (Å²) >= 11 is 0. The van der Waals surface area contributed by atoms with E-state index in [0.29, 0.717) is 5.92 Å². The molecule has 1 N–H and O–H groups in total. The second-order valence-corrected chi connectivity index (χ2v) is 5.87. The van der Waals surface area contributed by atoms with Crippen molar-refractivity contribution in [3.8, 4) is 0 Å². The summed E-state index contributed by atoms with van der Waals surface area (Å²) in [5, 5.41) is 3.03. The lowest BCUT2D eigenvalue weighted by molar-refractivity contribution is -0.121. The van der Waals surface area contributed by atoms with Crippen molar-refractivity contribution in [1.29, 1.82) is 0 Å². The first-order valence-corrected chi connectivity index (χ1v) is 7.15. The van der Waals surface area contributed by atoms with E-state index >= 15 is 0 Å². The maximum atomic E-state index is 12.2. The number of carbonyl (C=O) groups is 1. The van der Waals surface area contributed by atoms with Crippen LogP contribution < -0.4 is 5.32 Å². The van der Waals surface area contributed by atoms with Gasteiger partial charge >= 0.3 is 0 Å². The molecule has 1 heterocycles. The highest BCUT2D eigenvalue weighted by Crippen LogP contribution is 2.20. The normalized spacial score (nSPS) is 20.5. The molecule has 1 aliphatic rings. The van der Waals surface area contributed by atoms with Gasteiger partial charge in [-0.05, 0) is 50.0 Å². The van der Waals surface area contributed by atoms with E-state index in [1.807, 2.05) is 12.1 Å². The van der Waals surface area contributed by atoms with E-state index in [1.54, 1.807) is 0 Å². The minimum Gasteiger partial charge on any atom is -0.326 e. The third-order valence-corrected chi connectivity index (χ3v) is 3.84. The highest BCUT2D eigenvalue weighted by Gasteiger charge is 2.23. The first-order chi connectivity index (χ1) is 9.06. The van der Waals surface area contributed by atoms with E-state index in [9.17, 15) is 4.79 Å². The van der Waals surface area contributed by atoms with Crippen LogP contribution in [0.5, 0.6) is 0 Å². The molecular formula is C16H24N2O. The molecule has 0 radical (unpaired) electrons. The Hall–Kier alpha value is -1.35. The van der Waals surface area contributed by atoms with Crippen LogP contribution in [0.3, 0.4) is 0 Å². The van der Waals surface area contributed by atoms with Gasteiger partial charge in [0.15, 0.2) is 0 Å². The first kappa shape index (κ1) is 14.1. The maximum Gasteiger partial charge on any atom is 0.228 e. The lowest BCUT2D eigenvalue weighted by Gasteiger charge is -2.28. The molecule has 0 bridgehead atoms. The van der Waals surface area contributed by atoms with Gasteiger partial charge in [0.2, 0.25) is 5.91 Å². The number of rotatable bonds is 3. The molecule has 1 aliphatic heterocycles. The standard InChI is InChI=1S/C16H24N2O/c1-12(2)13-6-8-15(9-7-13)17-16(19)14-5-4-10-18(3)11-14/h6-9,12,14H,4-5,10-11H2,1-3H3,(H,17,19). The molecule has 1 saturated heterocycles. The highest BCUT2D eigenvalue weighted by atomic mass is 16.1. The number of anilines is 1. The summed E-state index contributed by atoms with van der Waals surface area (Å²) < 4.78 is 0. The number of benzene rings is 1. The van der Waals surface area contributed by atoms with E-state index < -0.39 is 0 Å². The van der Waals surface area contributed by atoms with Crippen molar-refractivity contribution in [2.75, 3.05) is 25.5 Å². The fraction of sp³-hybridized carbons (Fsp3) is 0.562. The van der Waals surface area contributed by atoms with Crippen LogP contribution in [0, 0.1) is 5.92 Å². The number of carbonyl (C=O) groups excluding carboxylic acids is 1. The minimum absolute atomic E-state index is 0.128. The predicted octanol–water partition coefficient (Wildman–Crippen LogP) is 3.09. The molecule has 0 aliphatic carbocycles. The molecule has 3 nitrogen and oxygen atoms in total. The summed E-state index contributed by atoms with van der Waals surface area (Å²) in [6.45, 7) is 6.32. The van der Waals surface area contributed by atoms with Gasteiger partial charge in [-0.2, -0.15) is 0 Å². The van der Waals surface area contributed by atoms with Crippen LogP contribution in [0.25, 0.3) is 0 Å². The first-order valence-electron chi connectivity index (χ1n) is 7.15. The molecule has 104 valence electrons. The molecule has 3 heteroatoms. The third-order valence-electron chi connectivity index (χ3n) is 3.84. The summed E-state index contributed by atoms with van der Waals surface area (Å²) in [5.41, 5.74) is 2.21. The van der Waals surface area contributed by atoms with Crippen molar-refractivity contribution >= 4 is 11.6 Å². The zero-order chi connectivity index (χ0) is 13.8. The Kier molecular flexibility index (Phi) is 4.59. The molecular weight excluding hydrogens is 236 g/mol. The second kappa shape index (κ2) is 6.20. The molecule has 0 spiro atoms. The van der Waals surface area contributed by atoms with Crippen LogP contribution in [0.1, 0.15) is 38.2 Å². The van der Waals surface area contributed by atoms with Gasteiger partial charge in [0.25, 0.3) is 0 Å². The zero-order valence-corrected chi connectivity index (χ0v) is 12.1. The fourth-order valence-electron chi connectivity index (χ4n) is 2.58. The Bertz CT molecular complexity index is 425. The third kappa shape index (κ3) is 3.80. The Labute approximate surface area is 116 Å². The van der Waals surface area contributed by atoms with Crippen LogP contribution in [0.15, 0.2) is 24.3 Å². The molecule has 1 aromatic carbocycles. The Morgan fingerprint density at radius 1 is 1.32 bits per heavy atom. The molecule has 0 saturated carbocycles. The van der Waals surface area contributed by atoms with Crippen LogP contribution in [-0.2, 0) is 4.79 Å². The fourth-order valence-corrected chi connectivity index (χ4v) is 2.58. The van der Waals surface area contributed by atoms with E-state index in [0.717, 1.165) is 31.6 Å². The molecule has 1 fully saturated rings. The van der Waals surface area contributed by atoms with Crippen molar-refractivity contribution in [2.45, 2.75) is 32.6 Å². The molecule has 1 aromatic rings. The SMILES string of the molecule is CC(C)c1ccc(NC(=O)C2CCCN(C)C2)cc1. The lowest BCUT2D eigenvalue weighted by atomic mass is 9.97. The molecule has 19 heavy (non-hydrogen) atoms. The molecule has 2 rings (SSSR count). The maximum absolute atomic E-state index is 12.2. The Balaban J connectivity index is 1.94. The highest BCUT2D eigenvalue weighted by molar-refractivity contribution is 5.92. The van der Waals surface area contributed by atoms with E-state index in [-0.39, 0.29) is 11.8 Å². The van der Waals surface area contributed by atoms with Crippen molar-refractivity contribution in [3.05, 3.63) is 29.8 Å². The Morgan fingerprint density at radius 3 is 2.58 bits per heavy atom. The second-order valence-electron chi connectivity index (χ2n) is 5.87. The van der Waals surface area contributed by atoms with Crippen LogP contribution in [0.2, 0.25) is 0 Å². The summed E-state index contributed by atoms with van der Waals surface area (Å²) in [7, 11) is 2.08. The van der Waals surface area contributed by atoms with Crippen LogP contribution in [-0.4, -0.2) is 30.9 Å². The van der Waals surface area contributed by atoms with E-state index in [1.165, 1.54) is 5.56 Å². The minimum atomic E-state index is 0.128. The van der Waals surface area contributed by atoms with Gasteiger partial charge in [0, 0.05) is 12.2 Å². The van der Waals surface area contributed by atoms with Crippen molar-refractivity contribution < 1.29 is 4.79 Å². The van der Waals surface area contributed by atoms with Gasteiger partial charge < -0.3 is 10.2 Å². The number of hydrogen-bond acceptors (Lipinski definition) is 2. The number of nitrogens with one attached hydrogen (secondary N) is 1. The average Bonchev–Trinajstić information content (AvgIpc) is 2.39. The van der Waals surface area contributed by atoms with Gasteiger partial charge in [-0.3, -0.25) is 4.79 Å². The van der Waals surface area contributed by atoms with Gasteiger partial charge in [0.1, 0.15) is 0 Å². The van der Waals surface area contributed by atoms with E-state index in [2.05, 4.69) is 43.2 Å². The van der Waals surface area contributed by atoms with Crippen molar-refractivity contribution in [2.24, 2.45) is 5.92 Å². The quantitative estimate of drug-likeness (QED) is 0.905. The molecule has 1 atom stereocenters. The summed E-state index contributed by atoms with van der Waals surface area (Å²) in [5.74, 6) is 0.809. The van der Waals surface area contributed by atoms with Crippen molar-refractivity contribution in [1.82, 2.24) is 4.90 Å². The van der Waals surface area contributed by atoms with Gasteiger partial charge in [-0.25, -0.2) is 0 Å². The zero-order valence-electron chi connectivity index (χ0n) is 12.1. The number of hydrogen-bond donors (Lipinski definition) is 1. The topological polar surface area (TPSA) is 32.3 Å². The predicted molar refractivity (Wildman–Crippen MR) is 79.4 cm³/mol. The summed E-state index contributed by atoms with van der Waals surface area (Å²) in [4.78, 5) is 14.4. The van der Waals surface area contributed by atoms with Crippen molar-refractivity contribution in [3.63, 3.8) is 0 Å². The number of amides is 1. The molecule has 1 amide bonds. The van der Waals surface area contributed by atoms with Gasteiger partial charge in [-0.15, -0.1) is 0 Å². The van der Waals surface area contributed by atoms with Crippen LogP contribution >= 0.6 is 0 Å². The van der Waals surface area contributed by atoms with E-state index in [4.69, 9.17) is 0 Å². The molecule has 1 unspecified atom stereocenters. The lowest BCUT2D eigenvalue weighted by Crippen LogP contribution is -2.38. The summed E-state index contributed by atoms with van der Waals surface area (Å²) in [6, 6.07) is 8.18. The van der Waals surface area contributed by atoms with Gasteiger partial charge in [0.05, 0.1) is 5.92 Å². The van der Waals surface area contributed by atoms with Gasteiger partial charge in [-0.1, -0.05) is 26.0 Å².